The number of hydrogen-bond acceptors (Lipinski definition) is 9. The molecule has 0 bridgehead atoms. The van der Waals surface area contributed by atoms with Crippen LogP contribution in [0.3, 0.4) is 0 Å². The molecule has 11 heteroatoms. The summed E-state index contributed by atoms with van der Waals surface area (Å²) in [5.74, 6) is 1.14. The summed E-state index contributed by atoms with van der Waals surface area (Å²) in [6.45, 7) is 3.42. The normalized spacial score (nSPS) is 15.0. The zero-order valence-corrected chi connectivity index (χ0v) is 18.3. The lowest BCUT2D eigenvalue weighted by Gasteiger charge is -2.34. The van der Waals surface area contributed by atoms with Crippen LogP contribution in [-0.4, -0.2) is 61.4 Å². The molecule has 5 heterocycles. The number of aromatic nitrogens is 4. The van der Waals surface area contributed by atoms with Gasteiger partial charge < -0.3 is 9.42 Å². The Labute approximate surface area is 185 Å². The molecule has 0 atom stereocenters. The van der Waals surface area contributed by atoms with E-state index in [1.165, 1.54) is 11.3 Å². The van der Waals surface area contributed by atoms with Gasteiger partial charge in [0.15, 0.2) is 4.96 Å². The molecule has 31 heavy (non-hydrogen) atoms. The first-order chi connectivity index (χ1) is 15.2. The second kappa shape index (κ2) is 8.69. The van der Waals surface area contributed by atoms with E-state index in [1.807, 2.05) is 27.8 Å². The summed E-state index contributed by atoms with van der Waals surface area (Å²) >= 11 is 3.00. The van der Waals surface area contributed by atoms with Gasteiger partial charge in [0.2, 0.25) is 17.6 Å². The van der Waals surface area contributed by atoms with E-state index >= 15 is 0 Å². The quantitative estimate of drug-likeness (QED) is 0.438. The number of thiophene rings is 1. The first-order valence-electron chi connectivity index (χ1n) is 9.98. The van der Waals surface area contributed by atoms with Crippen molar-refractivity contribution in [3.63, 3.8) is 0 Å². The van der Waals surface area contributed by atoms with E-state index in [0.29, 0.717) is 49.2 Å². The van der Waals surface area contributed by atoms with Crippen LogP contribution in [0.15, 0.2) is 44.5 Å². The van der Waals surface area contributed by atoms with Gasteiger partial charge in [0, 0.05) is 63.2 Å². The highest BCUT2D eigenvalue weighted by Gasteiger charge is 2.22. The monoisotopic (exact) mass is 456 g/mol. The highest BCUT2D eigenvalue weighted by molar-refractivity contribution is 7.15. The van der Waals surface area contributed by atoms with Gasteiger partial charge in [0.05, 0.1) is 10.6 Å². The number of nitrogens with zero attached hydrogens (tertiary/aromatic N) is 6. The molecule has 0 unspecified atom stereocenters. The summed E-state index contributed by atoms with van der Waals surface area (Å²) in [4.78, 5) is 39.4. The number of thiazole rings is 1. The Hall–Kier alpha value is -2.89. The summed E-state index contributed by atoms with van der Waals surface area (Å²) in [6.07, 6.45) is 2.52. The molecule has 9 nitrogen and oxygen atoms in total. The Morgan fingerprint density at radius 3 is 2.81 bits per heavy atom. The molecule has 1 amide bonds. The van der Waals surface area contributed by atoms with E-state index in [1.54, 1.807) is 28.0 Å². The molecule has 0 spiro atoms. The van der Waals surface area contributed by atoms with Crippen LogP contribution in [-0.2, 0) is 17.8 Å². The van der Waals surface area contributed by atoms with Gasteiger partial charge in [-0.1, -0.05) is 11.2 Å². The van der Waals surface area contributed by atoms with Gasteiger partial charge in [0.1, 0.15) is 0 Å². The van der Waals surface area contributed by atoms with Crippen LogP contribution < -0.4 is 5.56 Å². The zero-order chi connectivity index (χ0) is 21.2. The lowest BCUT2D eigenvalue weighted by atomic mass is 10.2. The number of fused-ring (bicyclic) bond motifs is 1. The van der Waals surface area contributed by atoms with E-state index in [9.17, 15) is 9.59 Å². The van der Waals surface area contributed by atoms with Crippen LogP contribution in [0.5, 0.6) is 0 Å². The van der Waals surface area contributed by atoms with Gasteiger partial charge in [-0.25, -0.2) is 4.98 Å². The first kappa shape index (κ1) is 20.0. The lowest BCUT2D eigenvalue weighted by molar-refractivity contribution is -0.133. The number of amides is 1. The van der Waals surface area contributed by atoms with Gasteiger partial charge in [0.25, 0.3) is 5.56 Å². The fourth-order valence-corrected chi connectivity index (χ4v) is 4.98. The smallest absolute Gasteiger partial charge is 0.258 e. The molecular weight excluding hydrogens is 436 g/mol. The third-order valence-electron chi connectivity index (χ3n) is 5.23. The van der Waals surface area contributed by atoms with Crippen molar-refractivity contribution in [2.75, 3.05) is 26.2 Å². The average Bonchev–Trinajstić information content (AvgIpc) is 3.53. The van der Waals surface area contributed by atoms with Crippen molar-refractivity contribution in [1.29, 1.82) is 0 Å². The maximum absolute atomic E-state index is 12.6. The average molecular weight is 457 g/mol. The van der Waals surface area contributed by atoms with E-state index in [2.05, 4.69) is 20.0 Å². The summed E-state index contributed by atoms with van der Waals surface area (Å²) in [5.41, 5.74) is 0.712. The Morgan fingerprint density at radius 1 is 1.13 bits per heavy atom. The standard InChI is InChI=1S/C20H20N6O3S2/c27-17(4-3-16-22-19(23-29-16)15-2-1-10-30-15)25-7-5-24(6-8-25)13-14-12-18(28)26-9-11-31-20(26)21-14/h1-2,9-12H,3-8,13H2. The Balaban J connectivity index is 1.11. The third kappa shape index (κ3) is 4.43. The minimum Gasteiger partial charge on any atom is -0.340 e. The van der Waals surface area contributed by atoms with Crippen LogP contribution in [0.1, 0.15) is 18.0 Å². The minimum absolute atomic E-state index is 0.0571. The number of piperazine rings is 1. The SMILES string of the molecule is O=C(CCc1nc(-c2cccs2)no1)N1CCN(Cc2cc(=O)n3ccsc3n2)CC1. The van der Waals surface area contributed by atoms with E-state index in [-0.39, 0.29) is 11.5 Å². The van der Waals surface area contributed by atoms with Crippen molar-refractivity contribution in [2.24, 2.45) is 0 Å². The molecule has 0 aromatic carbocycles. The lowest BCUT2D eigenvalue weighted by Crippen LogP contribution is -2.48. The Morgan fingerprint density at radius 2 is 2.00 bits per heavy atom. The molecular formula is C20H20N6O3S2. The van der Waals surface area contributed by atoms with Gasteiger partial charge in [-0.15, -0.1) is 22.7 Å². The number of hydrogen-bond donors (Lipinski definition) is 0. The summed E-state index contributed by atoms with van der Waals surface area (Å²) < 4.78 is 6.83. The molecule has 1 saturated heterocycles. The van der Waals surface area contributed by atoms with Gasteiger partial charge in [-0.05, 0) is 11.4 Å². The molecule has 0 aliphatic carbocycles. The Kier molecular flexibility index (Phi) is 5.62. The molecule has 0 N–H and O–H groups in total. The summed E-state index contributed by atoms with van der Waals surface area (Å²) in [6, 6.07) is 5.47. The van der Waals surface area contributed by atoms with Crippen molar-refractivity contribution in [2.45, 2.75) is 19.4 Å². The highest BCUT2D eigenvalue weighted by atomic mass is 32.1. The fourth-order valence-electron chi connectivity index (χ4n) is 3.59. The van der Waals surface area contributed by atoms with E-state index < -0.39 is 0 Å². The summed E-state index contributed by atoms with van der Waals surface area (Å²) in [7, 11) is 0. The van der Waals surface area contributed by atoms with Crippen molar-refractivity contribution in [3.8, 4) is 10.7 Å². The Bertz CT molecular complexity index is 1240. The van der Waals surface area contributed by atoms with Crippen LogP contribution in [0.25, 0.3) is 15.7 Å². The van der Waals surface area contributed by atoms with Crippen molar-refractivity contribution in [3.05, 3.63) is 57.1 Å². The maximum atomic E-state index is 12.6. The van der Waals surface area contributed by atoms with Crippen molar-refractivity contribution in [1.82, 2.24) is 29.3 Å². The number of aryl methyl sites for hydroxylation is 1. The van der Waals surface area contributed by atoms with Crippen LogP contribution in [0.2, 0.25) is 0 Å². The molecule has 5 rings (SSSR count). The highest BCUT2D eigenvalue weighted by Crippen LogP contribution is 2.21. The third-order valence-corrected chi connectivity index (χ3v) is 6.85. The molecule has 0 radical (unpaired) electrons. The molecule has 4 aromatic heterocycles. The van der Waals surface area contributed by atoms with E-state index in [4.69, 9.17) is 4.52 Å². The second-order valence-corrected chi connectivity index (χ2v) is 9.11. The minimum atomic E-state index is -0.0571. The van der Waals surface area contributed by atoms with E-state index in [0.717, 1.165) is 23.7 Å². The molecule has 160 valence electrons. The first-order valence-corrected chi connectivity index (χ1v) is 11.7. The maximum Gasteiger partial charge on any atom is 0.258 e. The zero-order valence-electron chi connectivity index (χ0n) is 16.6. The predicted octanol–water partition coefficient (Wildman–Crippen LogP) is 2.14. The predicted molar refractivity (Wildman–Crippen MR) is 117 cm³/mol. The molecule has 1 aliphatic rings. The largest absolute Gasteiger partial charge is 0.340 e. The van der Waals surface area contributed by atoms with Gasteiger partial charge in [-0.3, -0.25) is 18.9 Å². The van der Waals surface area contributed by atoms with Gasteiger partial charge in [-0.2, -0.15) is 4.98 Å². The van der Waals surface area contributed by atoms with Crippen LogP contribution >= 0.6 is 22.7 Å². The fraction of sp³-hybridized carbons (Fsp3) is 0.350. The topological polar surface area (TPSA) is 96.8 Å². The molecule has 4 aromatic rings. The number of carbonyl (C=O) groups is 1. The van der Waals surface area contributed by atoms with Crippen molar-refractivity contribution >= 4 is 33.5 Å². The summed E-state index contributed by atoms with van der Waals surface area (Å²) in [5, 5.41) is 7.80. The second-order valence-electron chi connectivity index (χ2n) is 7.29. The molecule has 1 fully saturated rings. The van der Waals surface area contributed by atoms with Gasteiger partial charge >= 0.3 is 0 Å². The number of carbonyl (C=O) groups excluding carboxylic acids is 1. The molecule has 1 aliphatic heterocycles. The van der Waals surface area contributed by atoms with Crippen molar-refractivity contribution < 1.29 is 9.32 Å². The van der Waals surface area contributed by atoms with Crippen LogP contribution in [0, 0.1) is 0 Å². The number of rotatable bonds is 6. The van der Waals surface area contributed by atoms with Crippen LogP contribution in [0.4, 0.5) is 0 Å². The molecule has 0 saturated carbocycles.